The minimum Gasteiger partial charge on any atom is -0.318 e. The molecule has 0 bridgehead atoms. The highest BCUT2D eigenvalue weighted by Crippen LogP contribution is 2.37. The molecule has 0 amide bonds. The second kappa shape index (κ2) is 8.35. The number of sulfonamides is 1. The van der Waals surface area contributed by atoms with E-state index in [4.69, 9.17) is 11.6 Å². The first-order valence-corrected chi connectivity index (χ1v) is 12.1. The molecular weight excluding hydrogens is 507 g/mol. The van der Waals surface area contributed by atoms with Crippen molar-refractivity contribution >= 4 is 39.0 Å². The zero-order chi connectivity index (χ0) is 25.0. The van der Waals surface area contributed by atoms with Crippen molar-refractivity contribution in [3.8, 4) is 11.1 Å². The fraction of sp³-hybridized carbons (Fsp3) is 0.174. The zero-order valence-electron chi connectivity index (χ0n) is 17.7. The van der Waals surface area contributed by atoms with Crippen molar-refractivity contribution in [3.05, 3.63) is 76.6 Å². The molecule has 2 aliphatic heterocycles. The van der Waals surface area contributed by atoms with E-state index in [9.17, 15) is 26.4 Å². The lowest BCUT2D eigenvalue weighted by Gasteiger charge is -2.20. The molecule has 0 atom stereocenters. The van der Waals surface area contributed by atoms with Crippen molar-refractivity contribution in [2.75, 3.05) is 10.8 Å². The lowest BCUT2D eigenvalue weighted by atomic mass is 10.0. The number of carbonyl (C=O) groups is 1. The number of rotatable bonds is 4. The van der Waals surface area contributed by atoms with Gasteiger partial charge in [0.1, 0.15) is 11.4 Å². The highest BCUT2D eigenvalue weighted by atomic mass is 35.5. The van der Waals surface area contributed by atoms with E-state index in [1.54, 1.807) is 18.2 Å². The molecule has 0 saturated carbocycles. The Morgan fingerprint density at radius 3 is 2.43 bits per heavy atom. The van der Waals surface area contributed by atoms with Crippen molar-refractivity contribution < 1.29 is 31.2 Å². The van der Waals surface area contributed by atoms with Gasteiger partial charge in [0, 0.05) is 23.9 Å². The van der Waals surface area contributed by atoms with Gasteiger partial charge in [0.25, 0.3) is 10.0 Å². The summed E-state index contributed by atoms with van der Waals surface area (Å²) in [5.41, 5.74) is 2.09. The first-order chi connectivity index (χ1) is 16.5. The molecule has 12 heteroatoms. The van der Waals surface area contributed by atoms with Crippen molar-refractivity contribution in [2.45, 2.75) is 23.9 Å². The molecule has 0 unspecified atom stereocenters. The molecule has 5 rings (SSSR count). The van der Waals surface area contributed by atoms with Gasteiger partial charge in [-0.2, -0.15) is 13.2 Å². The Morgan fingerprint density at radius 1 is 1.03 bits per heavy atom. The molecule has 0 N–H and O–H groups in total. The van der Waals surface area contributed by atoms with Crippen molar-refractivity contribution in [1.82, 2.24) is 4.98 Å². The highest BCUT2D eigenvalue weighted by molar-refractivity contribution is 7.92. The van der Waals surface area contributed by atoms with Crippen LogP contribution in [0.15, 0.2) is 64.8 Å². The maximum atomic E-state index is 13.4. The molecule has 0 aliphatic carbocycles. The lowest BCUT2D eigenvalue weighted by molar-refractivity contribution is -0.141. The van der Waals surface area contributed by atoms with Gasteiger partial charge in [-0.1, -0.05) is 35.0 Å². The maximum absolute atomic E-state index is 13.4. The second-order valence-electron chi connectivity index (χ2n) is 7.92. The van der Waals surface area contributed by atoms with Crippen LogP contribution in [0.1, 0.15) is 23.2 Å². The number of oxime groups is 1. The minimum atomic E-state index is -4.53. The number of carbonyl (C=O) groups excluding carboxylic acids is 1. The van der Waals surface area contributed by atoms with Crippen LogP contribution in [0.3, 0.4) is 0 Å². The second-order valence-corrected chi connectivity index (χ2v) is 10.2. The van der Waals surface area contributed by atoms with E-state index in [-0.39, 0.29) is 22.9 Å². The summed E-state index contributed by atoms with van der Waals surface area (Å²) in [6.07, 6.45) is -3.01. The van der Waals surface area contributed by atoms with Crippen LogP contribution in [0.4, 0.5) is 18.9 Å². The Hall–Kier alpha value is -3.44. The summed E-state index contributed by atoms with van der Waals surface area (Å²) in [6.45, 7) is 0.195. The van der Waals surface area contributed by atoms with Gasteiger partial charge < -0.3 is 4.84 Å². The molecule has 0 saturated heterocycles. The fourth-order valence-electron chi connectivity index (χ4n) is 4.00. The standard InChI is InChI=1S/C23H15ClF3N3O4S/c24-18-10-16(3-4-17(18)19-11-22(31)34-29-19)35(32,33)30-8-7-14-9-13(1-5-20(14)30)15-2-6-21(28-12-15)23(25,26)27/h1-6,9-10,12H,7-8,11H2. The SMILES string of the molecule is O=C1CC(c2ccc(S(=O)(=O)N3CCc4cc(-c5ccc(C(F)(F)F)nc5)ccc43)cc2Cl)=NO1. The topological polar surface area (TPSA) is 88.9 Å². The Morgan fingerprint density at radius 2 is 1.80 bits per heavy atom. The number of pyridine rings is 1. The van der Waals surface area contributed by atoms with E-state index >= 15 is 0 Å². The summed E-state index contributed by atoms with van der Waals surface area (Å²) < 4.78 is 66.3. The number of hydrogen-bond donors (Lipinski definition) is 0. The third kappa shape index (κ3) is 4.25. The van der Waals surface area contributed by atoms with Crippen LogP contribution >= 0.6 is 11.6 Å². The summed E-state index contributed by atoms with van der Waals surface area (Å²) in [5, 5.41) is 3.78. The monoisotopic (exact) mass is 521 g/mol. The van der Waals surface area contributed by atoms with Crippen LogP contribution in [-0.4, -0.2) is 31.6 Å². The Kier molecular flexibility index (Phi) is 5.56. The van der Waals surface area contributed by atoms with Gasteiger partial charge in [-0.15, -0.1) is 0 Å². The predicted octanol–water partition coefficient (Wildman–Crippen LogP) is 4.82. The molecule has 0 fully saturated rings. The van der Waals surface area contributed by atoms with Gasteiger partial charge in [0.15, 0.2) is 0 Å². The highest BCUT2D eigenvalue weighted by Gasteiger charge is 2.33. The van der Waals surface area contributed by atoms with Crippen LogP contribution in [0.25, 0.3) is 11.1 Å². The summed E-state index contributed by atoms with van der Waals surface area (Å²) in [5.74, 6) is -0.520. The zero-order valence-corrected chi connectivity index (χ0v) is 19.3. The number of benzene rings is 2. The molecule has 35 heavy (non-hydrogen) atoms. The number of halogens is 4. The lowest BCUT2D eigenvalue weighted by Crippen LogP contribution is -2.29. The van der Waals surface area contributed by atoms with Gasteiger partial charge in [0.05, 0.1) is 22.0 Å². The Balaban J connectivity index is 1.42. The smallest absolute Gasteiger partial charge is 0.318 e. The summed E-state index contributed by atoms with van der Waals surface area (Å²) in [7, 11) is -3.95. The number of fused-ring (bicyclic) bond motifs is 1. The molecule has 3 aromatic rings. The number of hydrogen-bond acceptors (Lipinski definition) is 6. The normalized spacial score (nSPS) is 15.7. The van der Waals surface area contributed by atoms with E-state index in [1.165, 1.54) is 28.6 Å². The number of anilines is 1. The molecule has 0 spiro atoms. The van der Waals surface area contributed by atoms with Crippen LogP contribution < -0.4 is 4.31 Å². The largest absolute Gasteiger partial charge is 0.433 e. The van der Waals surface area contributed by atoms with Crippen molar-refractivity contribution in [3.63, 3.8) is 0 Å². The van der Waals surface area contributed by atoms with E-state index in [0.29, 0.717) is 34.5 Å². The number of aromatic nitrogens is 1. The third-order valence-corrected chi connectivity index (χ3v) is 7.85. The first-order valence-electron chi connectivity index (χ1n) is 10.3. The molecular formula is C23H15ClF3N3O4S. The van der Waals surface area contributed by atoms with Gasteiger partial charge in [0.2, 0.25) is 0 Å². The van der Waals surface area contributed by atoms with Gasteiger partial charge in [-0.25, -0.2) is 13.2 Å². The van der Waals surface area contributed by atoms with Crippen LogP contribution in [0.5, 0.6) is 0 Å². The van der Waals surface area contributed by atoms with E-state index in [1.807, 2.05) is 0 Å². The summed E-state index contributed by atoms with van der Waals surface area (Å²) in [4.78, 5) is 19.3. The fourth-order valence-corrected chi connectivity index (χ4v) is 5.89. The van der Waals surface area contributed by atoms with Crippen LogP contribution in [-0.2, 0) is 32.3 Å². The van der Waals surface area contributed by atoms with E-state index in [0.717, 1.165) is 17.8 Å². The van der Waals surface area contributed by atoms with Crippen LogP contribution in [0.2, 0.25) is 5.02 Å². The summed E-state index contributed by atoms with van der Waals surface area (Å²) in [6, 6.07) is 11.4. The van der Waals surface area contributed by atoms with Crippen molar-refractivity contribution in [2.24, 2.45) is 5.16 Å². The molecule has 1 aromatic heterocycles. The van der Waals surface area contributed by atoms with Gasteiger partial charge in [-0.3, -0.25) is 9.29 Å². The summed E-state index contributed by atoms with van der Waals surface area (Å²) >= 11 is 6.29. The maximum Gasteiger partial charge on any atom is 0.433 e. The Bertz CT molecular complexity index is 1490. The molecule has 2 aromatic carbocycles. The minimum absolute atomic E-state index is 0.0269. The predicted molar refractivity (Wildman–Crippen MR) is 122 cm³/mol. The molecule has 2 aliphatic rings. The number of alkyl halides is 3. The van der Waals surface area contributed by atoms with Crippen LogP contribution in [0, 0.1) is 0 Å². The van der Waals surface area contributed by atoms with E-state index in [2.05, 4.69) is 15.0 Å². The number of nitrogens with zero attached hydrogens (tertiary/aromatic N) is 3. The molecule has 180 valence electrons. The Labute approximate surface area is 202 Å². The average Bonchev–Trinajstić information content (AvgIpc) is 3.44. The molecule has 0 radical (unpaired) electrons. The van der Waals surface area contributed by atoms with Gasteiger partial charge >= 0.3 is 12.1 Å². The third-order valence-electron chi connectivity index (χ3n) is 5.73. The van der Waals surface area contributed by atoms with Crippen molar-refractivity contribution in [1.29, 1.82) is 0 Å². The first kappa shape index (κ1) is 23.3. The van der Waals surface area contributed by atoms with Gasteiger partial charge in [-0.05, 0) is 47.9 Å². The molecule has 7 nitrogen and oxygen atoms in total. The average molecular weight is 522 g/mol. The molecule has 3 heterocycles. The van der Waals surface area contributed by atoms with E-state index < -0.39 is 27.9 Å². The quantitative estimate of drug-likeness (QED) is 0.459.